The number of benzene rings is 2. The van der Waals surface area contributed by atoms with E-state index in [1.54, 1.807) is 6.20 Å². The number of aryl methyl sites for hydroxylation is 1. The highest BCUT2D eigenvalue weighted by atomic mass is 16.1. The minimum absolute atomic E-state index is 0.0172. The number of carbonyl (C=O) groups excluding carboxylic acids is 2. The third-order valence-electron chi connectivity index (χ3n) is 4.69. The lowest BCUT2D eigenvalue weighted by atomic mass is 9.96. The van der Waals surface area contributed by atoms with Crippen molar-refractivity contribution in [2.45, 2.75) is 26.3 Å². The quantitative estimate of drug-likeness (QED) is 0.424. The molecule has 3 aromatic rings. The van der Waals surface area contributed by atoms with Gasteiger partial charge >= 0.3 is 0 Å². The van der Waals surface area contributed by atoms with E-state index < -0.39 is 6.04 Å². The topological polar surface area (TPSA) is 74.0 Å². The minimum Gasteiger partial charge on any atom is -0.360 e. The number of aromatic nitrogens is 1. The highest BCUT2D eigenvalue weighted by Crippen LogP contribution is 2.26. The van der Waals surface area contributed by atoms with Gasteiger partial charge in [-0.05, 0) is 17.5 Å². The van der Waals surface area contributed by atoms with Gasteiger partial charge in [0, 0.05) is 42.7 Å². The summed E-state index contributed by atoms with van der Waals surface area (Å²) in [6, 6.07) is 15.3. The Morgan fingerprint density at radius 1 is 1.04 bits per heavy atom. The molecular weight excluding hydrogens is 338 g/mol. The Hall–Kier alpha value is -2.92. The van der Waals surface area contributed by atoms with Gasteiger partial charge in [0.1, 0.15) is 0 Å². The number of aromatic amines is 1. The number of hydrogen-bond donors (Lipinski definition) is 3. The first kappa shape index (κ1) is 18.9. The number of H-pyrrole nitrogens is 1. The molecular formula is C22H25N3O2. The second-order valence-corrected chi connectivity index (χ2v) is 6.54. The van der Waals surface area contributed by atoms with Crippen LogP contribution in [0.3, 0.4) is 0 Å². The number of amides is 1. The number of fused-ring (bicyclic) bond motifs is 1. The lowest BCUT2D eigenvalue weighted by Gasteiger charge is -2.18. The largest absolute Gasteiger partial charge is 0.360 e. The van der Waals surface area contributed by atoms with Crippen LogP contribution in [0.15, 0.2) is 54.7 Å². The lowest BCUT2D eigenvalue weighted by molar-refractivity contribution is -0.118. The molecule has 0 saturated carbocycles. The first-order valence-electron chi connectivity index (χ1n) is 9.27. The Balaban J connectivity index is 1.90. The molecule has 0 aliphatic rings. The molecule has 0 radical (unpaired) electrons. The third kappa shape index (κ3) is 4.26. The van der Waals surface area contributed by atoms with Crippen molar-refractivity contribution >= 4 is 22.6 Å². The average Bonchev–Trinajstić information content (AvgIpc) is 3.12. The van der Waals surface area contributed by atoms with Gasteiger partial charge in [0.05, 0.1) is 6.04 Å². The van der Waals surface area contributed by atoms with Crippen LogP contribution in [0.5, 0.6) is 0 Å². The second kappa shape index (κ2) is 8.64. The molecule has 5 nitrogen and oxygen atoms in total. The molecule has 3 rings (SSSR count). The average molecular weight is 363 g/mol. The van der Waals surface area contributed by atoms with Crippen molar-refractivity contribution in [3.8, 4) is 0 Å². The molecule has 0 unspecified atom stereocenters. The van der Waals surface area contributed by atoms with Crippen LogP contribution < -0.4 is 10.6 Å². The van der Waals surface area contributed by atoms with Crippen molar-refractivity contribution < 1.29 is 9.59 Å². The molecule has 1 atom stereocenters. The summed E-state index contributed by atoms with van der Waals surface area (Å²) in [5.74, 6) is -0.0633. The summed E-state index contributed by atoms with van der Waals surface area (Å²) in [5.41, 5.74) is 3.81. The molecule has 1 amide bonds. The summed E-state index contributed by atoms with van der Waals surface area (Å²) in [5, 5.41) is 6.99. The van der Waals surface area contributed by atoms with Gasteiger partial charge in [-0.1, -0.05) is 55.5 Å². The van der Waals surface area contributed by atoms with Crippen molar-refractivity contribution in [1.82, 2.24) is 15.6 Å². The van der Waals surface area contributed by atoms with Crippen LogP contribution in [-0.2, 0) is 11.2 Å². The fourth-order valence-electron chi connectivity index (χ4n) is 3.33. The van der Waals surface area contributed by atoms with Crippen LogP contribution in [-0.4, -0.2) is 29.8 Å². The van der Waals surface area contributed by atoms with Crippen molar-refractivity contribution in [2.24, 2.45) is 0 Å². The Labute approximate surface area is 159 Å². The van der Waals surface area contributed by atoms with Crippen LogP contribution in [0.2, 0.25) is 0 Å². The number of carbonyl (C=O) groups is 2. The van der Waals surface area contributed by atoms with E-state index in [1.165, 1.54) is 12.5 Å². The van der Waals surface area contributed by atoms with Gasteiger partial charge in [0.2, 0.25) is 5.91 Å². The van der Waals surface area contributed by atoms with Gasteiger partial charge in [0.15, 0.2) is 5.78 Å². The SMILES string of the molecule is CCc1cccc2c(C(=O)[C@@H](NCCNC(C)=O)c3ccccc3)c[nH]c12. The highest BCUT2D eigenvalue weighted by molar-refractivity contribution is 6.11. The number of hydrogen-bond acceptors (Lipinski definition) is 3. The molecule has 2 aromatic carbocycles. The normalized spacial score (nSPS) is 12.1. The lowest BCUT2D eigenvalue weighted by Crippen LogP contribution is -2.35. The Morgan fingerprint density at radius 3 is 2.52 bits per heavy atom. The van der Waals surface area contributed by atoms with Gasteiger partial charge in [-0.2, -0.15) is 0 Å². The monoisotopic (exact) mass is 363 g/mol. The van der Waals surface area contributed by atoms with Gasteiger partial charge in [-0.15, -0.1) is 0 Å². The van der Waals surface area contributed by atoms with E-state index in [4.69, 9.17) is 0 Å². The third-order valence-corrected chi connectivity index (χ3v) is 4.69. The predicted molar refractivity (Wildman–Crippen MR) is 108 cm³/mol. The number of rotatable bonds is 8. The first-order valence-corrected chi connectivity index (χ1v) is 9.27. The zero-order valence-electron chi connectivity index (χ0n) is 15.7. The van der Waals surface area contributed by atoms with E-state index in [9.17, 15) is 9.59 Å². The maximum Gasteiger partial charge on any atom is 0.216 e. The van der Waals surface area contributed by atoms with E-state index >= 15 is 0 Å². The van der Waals surface area contributed by atoms with Gasteiger partial charge in [-0.3, -0.25) is 9.59 Å². The zero-order chi connectivity index (χ0) is 19.2. The van der Waals surface area contributed by atoms with Crippen LogP contribution in [0, 0.1) is 0 Å². The minimum atomic E-state index is -0.468. The van der Waals surface area contributed by atoms with E-state index in [0.717, 1.165) is 22.9 Å². The molecule has 1 heterocycles. The van der Waals surface area contributed by atoms with Crippen LogP contribution in [0.1, 0.15) is 41.4 Å². The van der Waals surface area contributed by atoms with Crippen LogP contribution in [0.4, 0.5) is 0 Å². The smallest absolute Gasteiger partial charge is 0.216 e. The summed E-state index contributed by atoms with van der Waals surface area (Å²) in [6.07, 6.45) is 2.71. The Bertz CT molecular complexity index is 931. The van der Waals surface area contributed by atoms with Gasteiger partial charge in [0.25, 0.3) is 0 Å². The fraction of sp³-hybridized carbons (Fsp3) is 0.273. The van der Waals surface area contributed by atoms with Gasteiger partial charge < -0.3 is 15.6 Å². The molecule has 5 heteroatoms. The maximum atomic E-state index is 13.4. The summed E-state index contributed by atoms with van der Waals surface area (Å²) in [7, 11) is 0. The molecule has 1 aromatic heterocycles. The number of para-hydroxylation sites is 1. The standard InChI is InChI=1S/C22H25N3O2/c1-3-16-10-7-11-18-19(14-25-20(16)18)22(27)21(17-8-5-4-6-9-17)24-13-12-23-15(2)26/h4-11,14,21,24-25H,3,12-13H2,1-2H3,(H,23,26)/t21-/m0/s1. The van der Waals surface area contributed by atoms with Crippen molar-refractivity contribution in [3.05, 3.63) is 71.4 Å². The van der Waals surface area contributed by atoms with Gasteiger partial charge in [-0.25, -0.2) is 0 Å². The Kier molecular flexibility index (Phi) is 6.04. The first-order chi connectivity index (χ1) is 13.1. The Morgan fingerprint density at radius 2 is 1.81 bits per heavy atom. The molecule has 0 fully saturated rings. The number of Topliss-reactive ketones (excluding diaryl/α,β-unsaturated/α-hetero) is 1. The summed E-state index contributed by atoms with van der Waals surface area (Å²) in [4.78, 5) is 27.7. The molecule has 0 aliphatic heterocycles. The van der Waals surface area contributed by atoms with E-state index in [-0.39, 0.29) is 11.7 Å². The fourth-order valence-corrected chi connectivity index (χ4v) is 3.33. The van der Waals surface area contributed by atoms with E-state index in [2.05, 4.69) is 28.6 Å². The van der Waals surface area contributed by atoms with E-state index in [0.29, 0.717) is 18.7 Å². The van der Waals surface area contributed by atoms with E-state index in [1.807, 2.05) is 42.5 Å². The molecule has 0 aliphatic carbocycles. The number of ketones is 1. The molecule has 0 spiro atoms. The summed E-state index contributed by atoms with van der Waals surface area (Å²) < 4.78 is 0. The maximum absolute atomic E-state index is 13.4. The predicted octanol–water partition coefficient (Wildman–Crippen LogP) is 3.38. The molecule has 0 saturated heterocycles. The molecule has 140 valence electrons. The number of nitrogens with one attached hydrogen (secondary N) is 3. The molecule has 27 heavy (non-hydrogen) atoms. The highest BCUT2D eigenvalue weighted by Gasteiger charge is 2.24. The van der Waals surface area contributed by atoms with Crippen molar-refractivity contribution in [2.75, 3.05) is 13.1 Å². The van der Waals surface area contributed by atoms with Crippen molar-refractivity contribution in [1.29, 1.82) is 0 Å². The molecule has 3 N–H and O–H groups in total. The zero-order valence-corrected chi connectivity index (χ0v) is 15.7. The van der Waals surface area contributed by atoms with Crippen molar-refractivity contribution in [3.63, 3.8) is 0 Å². The second-order valence-electron chi connectivity index (χ2n) is 6.54. The summed E-state index contributed by atoms with van der Waals surface area (Å²) >= 11 is 0. The van der Waals surface area contributed by atoms with Crippen LogP contribution in [0.25, 0.3) is 10.9 Å². The molecule has 0 bridgehead atoms. The van der Waals surface area contributed by atoms with Crippen LogP contribution >= 0.6 is 0 Å². The summed E-state index contributed by atoms with van der Waals surface area (Å²) in [6.45, 7) is 4.57.